The van der Waals surface area contributed by atoms with Crippen LogP contribution in [0.3, 0.4) is 0 Å². The number of benzene rings is 1. The minimum absolute atomic E-state index is 0.256. The van der Waals surface area contributed by atoms with Crippen molar-refractivity contribution in [1.82, 2.24) is 0 Å². The monoisotopic (exact) mass is 242 g/mol. The summed E-state index contributed by atoms with van der Waals surface area (Å²) in [5.74, 6) is 1.37. The van der Waals surface area contributed by atoms with E-state index in [1.165, 1.54) is 0 Å². The van der Waals surface area contributed by atoms with Gasteiger partial charge < -0.3 is 14.3 Å². The standard InChI is InChI=1S/C9H7BrO3/c10-6-1-2-7-8(5-6)13-9(12-7)3-4-11/h1-2,4-5,9H,3H2. The summed E-state index contributed by atoms with van der Waals surface area (Å²) in [5.41, 5.74) is 0. The Labute approximate surface area is 83.8 Å². The Kier molecular flexibility index (Phi) is 2.22. The predicted octanol–water partition coefficient (Wildman–Crippen LogP) is 2.14. The van der Waals surface area contributed by atoms with Crippen molar-refractivity contribution in [2.75, 3.05) is 0 Å². The van der Waals surface area contributed by atoms with Gasteiger partial charge in [0.1, 0.15) is 6.29 Å². The molecule has 1 atom stereocenters. The lowest BCUT2D eigenvalue weighted by molar-refractivity contribution is -0.111. The zero-order valence-corrected chi connectivity index (χ0v) is 8.28. The van der Waals surface area contributed by atoms with E-state index in [9.17, 15) is 4.79 Å². The van der Waals surface area contributed by atoms with E-state index in [1.54, 1.807) is 0 Å². The Bertz CT molecular complexity index is 338. The third-order valence-corrected chi connectivity index (χ3v) is 2.20. The maximum atomic E-state index is 10.2. The number of carbonyl (C=O) groups is 1. The van der Waals surface area contributed by atoms with Gasteiger partial charge in [0.25, 0.3) is 0 Å². The van der Waals surface area contributed by atoms with Crippen LogP contribution in [0, 0.1) is 0 Å². The maximum absolute atomic E-state index is 10.2. The van der Waals surface area contributed by atoms with Gasteiger partial charge in [0.2, 0.25) is 6.29 Å². The van der Waals surface area contributed by atoms with E-state index in [2.05, 4.69) is 15.9 Å². The smallest absolute Gasteiger partial charge is 0.248 e. The Morgan fingerprint density at radius 3 is 2.92 bits per heavy atom. The third-order valence-electron chi connectivity index (χ3n) is 1.71. The van der Waals surface area contributed by atoms with Gasteiger partial charge in [-0.15, -0.1) is 0 Å². The van der Waals surface area contributed by atoms with Crippen molar-refractivity contribution >= 4 is 22.2 Å². The van der Waals surface area contributed by atoms with Crippen LogP contribution >= 0.6 is 15.9 Å². The van der Waals surface area contributed by atoms with E-state index in [1.807, 2.05) is 18.2 Å². The molecule has 1 aromatic rings. The largest absolute Gasteiger partial charge is 0.451 e. The SMILES string of the molecule is O=CCC1Oc2ccc(Br)cc2O1. The first-order valence-electron chi connectivity index (χ1n) is 3.86. The molecule has 2 rings (SSSR count). The highest BCUT2D eigenvalue weighted by molar-refractivity contribution is 9.10. The first-order chi connectivity index (χ1) is 6.29. The van der Waals surface area contributed by atoms with Gasteiger partial charge in [-0.05, 0) is 18.2 Å². The predicted molar refractivity (Wildman–Crippen MR) is 49.9 cm³/mol. The molecule has 0 radical (unpaired) electrons. The summed E-state index contributed by atoms with van der Waals surface area (Å²) in [6, 6.07) is 5.50. The van der Waals surface area contributed by atoms with Crippen molar-refractivity contribution in [1.29, 1.82) is 0 Å². The Morgan fingerprint density at radius 2 is 2.15 bits per heavy atom. The molecule has 1 aliphatic heterocycles. The van der Waals surface area contributed by atoms with Crippen LogP contribution in [0.15, 0.2) is 22.7 Å². The lowest BCUT2D eigenvalue weighted by Gasteiger charge is -2.04. The number of hydrogen-bond donors (Lipinski definition) is 0. The highest BCUT2D eigenvalue weighted by Gasteiger charge is 2.23. The first-order valence-corrected chi connectivity index (χ1v) is 4.65. The third kappa shape index (κ3) is 1.67. The molecule has 4 heteroatoms. The molecule has 1 unspecified atom stereocenters. The van der Waals surface area contributed by atoms with Gasteiger partial charge in [-0.25, -0.2) is 0 Å². The maximum Gasteiger partial charge on any atom is 0.248 e. The van der Waals surface area contributed by atoms with Crippen LogP contribution in [0.4, 0.5) is 0 Å². The Balaban J connectivity index is 2.20. The molecule has 1 aliphatic rings. The second-order valence-electron chi connectivity index (χ2n) is 2.66. The molecule has 0 aliphatic carbocycles. The van der Waals surface area contributed by atoms with Crippen molar-refractivity contribution in [2.24, 2.45) is 0 Å². The van der Waals surface area contributed by atoms with Crippen LogP contribution in [-0.2, 0) is 4.79 Å². The highest BCUT2D eigenvalue weighted by Crippen LogP contribution is 2.37. The van der Waals surface area contributed by atoms with E-state index in [4.69, 9.17) is 9.47 Å². The van der Waals surface area contributed by atoms with E-state index in [-0.39, 0.29) is 6.42 Å². The van der Waals surface area contributed by atoms with Crippen LogP contribution in [-0.4, -0.2) is 12.6 Å². The van der Waals surface area contributed by atoms with Gasteiger partial charge in [0, 0.05) is 4.47 Å². The Hall–Kier alpha value is -1.03. The van der Waals surface area contributed by atoms with Crippen LogP contribution in [0.2, 0.25) is 0 Å². The van der Waals surface area contributed by atoms with Crippen molar-refractivity contribution in [3.8, 4) is 11.5 Å². The lowest BCUT2D eigenvalue weighted by atomic mass is 10.3. The van der Waals surface area contributed by atoms with E-state index < -0.39 is 6.29 Å². The molecule has 0 amide bonds. The summed E-state index contributed by atoms with van der Waals surface area (Å²) in [5, 5.41) is 0. The van der Waals surface area contributed by atoms with Gasteiger partial charge in [-0.3, -0.25) is 0 Å². The molecule has 0 saturated carbocycles. The topological polar surface area (TPSA) is 35.5 Å². The fourth-order valence-electron chi connectivity index (χ4n) is 1.15. The zero-order chi connectivity index (χ0) is 9.26. The van der Waals surface area contributed by atoms with Gasteiger partial charge in [0.05, 0.1) is 6.42 Å². The van der Waals surface area contributed by atoms with E-state index in [0.717, 1.165) is 10.8 Å². The number of fused-ring (bicyclic) bond motifs is 1. The summed E-state index contributed by atoms with van der Waals surface area (Å²) in [6.07, 6.45) is 0.583. The summed E-state index contributed by atoms with van der Waals surface area (Å²) >= 11 is 3.32. The zero-order valence-electron chi connectivity index (χ0n) is 6.70. The molecule has 0 aromatic heterocycles. The molecule has 0 fully saturated rings. The first kappa shape index (κ1) is 8.56. The van der Waals surface area contributed by atoms with Crippen LogP contribution in [0.1, 0.15) is 6.42 Å². The number of hydrogen-bond acceptors (Lipinski definition) is 3. The average molecular weight is 243 g/mol. The molecule has 0 spiro atoms. The molecule has 1 heterocycles. The summed E-state index contributed by atoms with van der Waals surface area (Å²) in [6.45, 7) is 0. The highest BCUT2D eigenvalue weighted by atomic mass is 79.9. The van der Waals surface area contributed by atoms with Crippen molar-refractivity contribution in [3.63, 3.8) is 0 Å². The van der Waals surface area contributed by atoms with E-state index in [0.29, 0.717) is 11.5 Å². The molecule has 0 bridgehead atoms. The number of halogens is 1. The summed E-state index contributed by atoms with van der Waals surface area (Å²) in [7, 11) is 0. The molecule has 0 N–H and O–H groups in total. The number of carbonyl (C=O) groups excluding carboxylic acids is 1. The average Bonchev–Trinajstić information content (AvgIpc) is 2.46. The van der Waals surface area contributed by atoms with Gasteiger partial charge in [-0.1, -0.05) is 15.9 Å². The van der Waals surface area contributed by atoms with Crippen LogP contribution < -0.4 is 9.47 Å². The van der Waals surface area contributed by atoms with Crippen LogP contribution in [0.5, 0.6) is 11.5 Å². The fourth-order valence-corrected chi connectivity index (χ4v) is 1.49. The van der Waals surface area contributed by atoms with Gasteiger partial charge in [0.15, 0.2) is 11.5 Å². The number of ether oxygens (including phenoxy) is 2. The minimum Gasteiger partial charge on any atom is -0.451 e. The van der Waals surface area contributed by atoms with Crippen molar-refractivity contribution in [3.05, 3.63) is 22.7 Å². The summed E-state index contributed by atoms with van der Waals surface area (Å²) < 4.78 is 11.6. The molecule has 68 valence electrons. The minimum atomic E-state index is -0.457. The second-order valence-corrected chi connectivity index (χ2v) is 3.57. The molecule has 13 heavy (non-hydrogen) atoms. The molecule has 0 saturated heterocycles. The van der Waals surface area contributed by atoms with E-state index >= 15 is 0 Å². The normalized spacial score (nSPS) is 18.7. The van der Waals surface area contributed by atoms with Crippen molar-refractivity contribution < 1.29 is 14.3 Å². The molecular weight excluding hydrogens is 236 g/mol. The molecule has 3 nitrogen and oxygen atoms in total. The quantitative estimate of drug-likeness (QED) is 0.746. The molecule has 1 aromatic carbocycles. The number of rotatable bonds is 2. The molecular formula is C9H7BrO3. The second kappa shape index (κ2) is 3.38. The van der Waals surface area contributed by atoms with Crippen LogP contribution in [0.25, 0.3) is 0 Å². The van der Waals surface area contributed by atoms with Crippen molar-refractivity contribution in [2.45, 2.75) is 12.7 Å². The fraction of sp³-hybridized carbons (Fsp3) is 0.222. The number of aldehydes is 1. The Morgan fingerprint density at radius 1 is 1.38 bits per heavy atom. The van der Waals surface area contributed by atoms with Gasteiger partial charge >= 0.3 is 0 Å². The lowest BCUT2D eigenvalue weighted by Crippen LogP contribution is -2.17. The van der Waals surface area contributed by atoms with Gasteiger partial charge in [-0.2, -0.15) is 0 Å². The summed E-state index contributed by atoms with van der Waals surface area (Å²) in [4.78, 5) is 10.2.